The average molecular weight is 280 g/mol. The summed E-state index contributed by atoms with van der Waals surface area (Å²) >= 11 is 4.16. The number of ether oxygens (including phenoxy) is 4. The molecule has 0 aromatic carbocycles. The molecule has 108 valence electrons. The first-order chi connectivity index (χ1) is 8.59. The number of rotatable bonds is 11. The summed E-state index contributed by atoms with van der Waals surface area (Å²) in [5, 5.41) is -0.373. The highest BCUT2D eigenvalue weighted by molar-refractivity contribution is 7.81. The van der Waals surface area contributed by atoms with Crippen molar-refractivity contribution in [1.29, 1.82) is 0 Å². The van der Waals surface area contributed by atoms with Crippen LogP contribution in [0.3, 0.4) is 0 Å². The first kappa shape index (κ1) is 17.7. The van der Waals surface area contributed by atoms with Gasteiger partial charge in [-0.3, -0.25) is 4.79 Å². The second-order valence-corrected chi connectivity index (χ2v) is 4.63. The first-order valence-corrected chi connectivity index (χ1v) is 6.60. The number of hydrogen-bond donors (Lipinski definition) is 1. The van der Waals surface area contributed by atoms with Crippen LogP contribution in [-0.2, 0) is 23.7 Å². The molecule has 0 amide bonds. The van der Waals surface area contributed by atoms with Crippen molar-refractivity contribution in [2.24, 2.45) is 5.92 Å². The lowest BCUT2D eigenvalue weighted by molar-refractivity contribution is -0.145. The Kier molecular flexibility index (Phi) is 11.6. The van der Waals surface area contributed by atoms with Crippen LogP contribution in [0.15, 0.2) is 0 Å². The maximum absolute atomic E-state index is 11.4. The van der Waals surface area contributed by atoms with E-state index in [2.05, 4.69) is 12.6 Å². The first-order valence-electron chi connectivity index (χ1n) is 6.08. The van der Waals surface area contributed by atoms with Crippen LogP contribution in [0.4, 0.5) is 0 Å². The molecule has 0 aromatic rings. The van der Waals surface area contributed by atoms with Crippen LogP contribution < -0.4 is 0 Å². The quantitative estimate of drug-likeness (QED) is 0.350. The molecular formula is C12H24O5S. The maximum atomic E-state index is 11.4. The van der Waals surface area contributed by atoms with E-state index in [9.17, 15) is 4.79 Å². The number of carbonyl (C=O) groups excluding carboxylic acids is 1. The van der Waals surface area contributed by atoms with Crippen molar-refractivity contribution < 1.29 is 23.7 Å². The van der Waals surface area contributed by atoms with E-state index in [1.54, 1.807) is 7.11 Å². The highest BCUT2D eigenvalue weighted by Crippen LogP contribution is 2.10. The zero-order valence-corrected chi connectivity index (χ0v) is 12.3. The lowest BCUT2D eigenvalue weighted by Crippen LogP contribution is -2.24. The lowest BCUT2D eigenvalue weighted by atomic mass is 10.1. The molecule has 0 N–H and O–H groups in total. The Bertz CT molecular complexity index is 211. The predicted molar refractivity (Wildman–Crippen MR) is 72.1 cm³/mol. The van der Waals surface area contributed by atoms with Crippen LogP contribution in [0, 0.1) is 5.92 Å². The van der Waals surface area contributed by atoms with Gasteiger partial charge in [0.15, 0.2) is 0 Å². The Morgan fingerprint density at radius 1 is 1.00 bits per heavy atom. The van der Waals surface area contributed by atoms with Gasteiger partial charge in [-0.05, 0) is 5.92 Å². The molecular weight excluding hydrogens is 256 g/mol. The van der Waals surface area contributed by atoms with Gasteiger partial charge in [0.1, 0.15) is 11.9 Å². The Morgan fingerprint density at radius 2 is 1.50 bits per heavy atom. The van der Waals surface area contributed by atoms with Crippen LogP contribution in [0.25, 0.3) is 0 Å². The molecule has 0 saturated carbocycles. The number of methoxy groups -OCH3 is 1. The molecule has 0 rings (SSSR count). The van der Waals surface area contributed by atoms with E-state index in [0.717, 1.165) is 0 Å². The molecule has 0 fully saturated rings. The van der Waals surface area contributed by atoms with Crippen LogP contribution in [0.2, 0.25) is 0 Å². The highest BCUT2D eigenvalue weighted by atomic mass is 32.1. The van der Waals surface area contributed by atoms with Gasteiger partial charge in [-0.25, -0.2) is 0 Å². The monoisotopic (exact) mass is 280 g/mol. The van der Waals surface area contributed by atoms with Gasteiger partial charge in [-0.1, -0.05) is 13.8 Å². The molecule has 0 aliphatic carbocycles. The van der Waals surface area contributed by atoms with Crippen molar-refractivity contribution in [2.45, 2.75) is 19.1 Å². The zero-order valence-electron chi connectivity index (χ0n) is 11.4. The van der Waals surface area contributed by atoms with Gasteiger partial charge in [-0.2, -0.15) is 12.6 Å². The maximum Gasteiger partial charge on any atom is 0.319 e. The van der Waals surface area contributed by atoms with Gasteiger partial charge in [-0.15, -0.1) is 0 Å². The van der Waals surface area contributed by atoms with E-state index in [1.807, 2.05) is 13.8 Å². The fourth-order valence-corrected chi connectivity index (χ4v) is 1.10. The summed E-state index contributed by atoms with van der Waals surface area (Å²) in [5.74, 6) is -0.135. The molecule has 1 atom stereocenters. The molecule has 1 unspecified atom stereocenters. The SMILES string of the molecule is COCCOCCOCCOC(=O)C(S)C(C)C. The van der Waals surface area contributed by atoms with Gasteiger partial charge in [0, 0.05) is 7.11 Å². The minimum Gasteiger partial charge on any atom is -0.462 e. The third-order valence-electron chi connectivity index (χ3n) is 2.15. The van der Waals surface area contributed by atoms with E-state index < -0.39 is 0 Å². The molecule has 0 aliphatic heterocycles. The van der Waals surface area contributed by atoms with Gasteiger partial charge < -0.3 is 18.9 Å². The molecule has 0 heterocycles. The van der Waals surface area contributed by atoms with Crippen LogP contribution in [0.1, 0.15) is 13.8 Å². The summed E-state index contributed by atoms with van der Waals surface area (Å²) in [5.41, 5.74) is 0. The Morgan fingerprint density at radius 3 is 2.00 bits per heavy atom. The summed E-state index contributed by atoms with van der Waals surface area (Å²) in [6.07, 6.45) is 0. The van der Waals surface area contributed by atoms with Gasteiger partial charge in [0.25, 0.3) is 0 Å². The van der Waals surface area contributed by atoms with E-state index in [1.165, 1.54) is 0 Å². The third kappa shape index (κ3) is 9.70. The van der Waals surface area contributed by atoms with Crippen molar-refractivity contribution in [2.75, 3.05) is 46.8 Å². The van der Waals surface area contributed by atoms with Crippen molar-refractivity contribution in [1.82, 2.24) is 0 Å². The van der Waals surface area contributed by atoms with Crippen LogP contribution >= 0.6 is 12.6 Å². The van der Waals surface area contributed by atoms with Crippen molar-refractivity contribution in [3.63, 3.8) is 0 Å². The van der Waals surface area contributed by atoms with Crippen LogP contribution in [-0.4, -0.2) is 58.0 Å². The molecule has 6 heteroatoms. The van der Waals surface area contributed by atoms with Gasteiger partial charge in [0.05, 0.1) is 33.0 Å². The number of thiol groups is 1. The summed E-state index contributed by atoms with van der Waals surface area (Å²) in [4.78, 5) is 11.4. The normalized spacial score (nSPS) is 12.7. The summed E-state index contributed by atoms with van der Waals surface area (Å²) < 4.78 is 20.3. The van der Waals surface area contributed by atoms with Crippen molar-refractivity contribution in [3.05, 3.63) is 0 Å². The van der Waals surface area contributed by atoms with E-state index in [4.69, 9.17) is 18.9 Å². The fourth-order valence-electron chi connectivity index (χ4n) is 1.02. The summed E-state index contributed by atoms with van der Waals surface area (Å²) in [6, 6.07) is 0. The molecule has 5 nitrogen and oxygen atoms in total. The van der Waals surface area contributed by atoms with E-state index in [-0.39, 0.29) is 23.7 Å². The molecule has 0 bridgehead atoms. The molecule has 0 saturated heterocycles. The molecule has 0 aliphatic rings. The summed E-state index contributed by atoms with van der Waals surface area (Å²) in [6.45, 7) is 6.60. The number of carbonyl (C=O) groups is 1. The molecule has 0 spiro atoms. The fraction of sp³-hybridized carbons (Fsp3) is 0.917. The topological polar surface area (TPSA) is 54.0 Å². The third-order valence-corrected chi connectivity index (χ3v) is 2.96. The van der Waals surface area contributed by atoms with Crippen molar-refractivity contribution in [3.8, 4) is 0 Å². The smallest absolute Gasteiger partial charge is 0.319 e. The van der Waals surface area contributed by atoms with Crippen molar-refractivity contribution >= 4 is 18.6 Å². The second-order valence-electron chi connectivity index (χ2n) is 4.07. The van der Waals surface area contributed by atoms with E-state index >= 15 is 0 Å². The minimum absolute atomic E-state index is 0.163. The minimum atomic E-state index is -0.373. The predicted octanol–water partition coefficient (Wildman–Crippen LogP) is 1.16. The summed E-state index contributed by atoms with van der Waals surface area (Å²) in [7, 11) is 1.63. The standard InChI is InChI=1S/C12H24O5S/c1-10(2)11(18)12(13)17-9-8-16-7-6-15-5-4-14-3/h10-11,18H,4-9H2,1-3H3. The number of esters is 1. The molecule has 0 radical (unpaired) electrons. The Hall–Kier alpha value is -0.300. The highest BCUT2D eigenvalue weighted by Gasteiger charge is 2.18. The Balaban J connectivity index is 3.27. The largest absolute Gasteiger partial charge is 0.462 e. The zero-order chi connectivity index (χ0) is 13.8. The van der Waals surface area contributed by atoms with E-state index in [0.29, 0.717) is 33.0 Å². The number of hydrogen-bond acceptors (Lipinski definition) is 6. The van der Waals surface area contributed by atoms with Gasteiger partial charge >= 0.3 is 5.97 Å². The molecule has 18 heavy (non-hydrogen) atoms. The second kappa shape index (κ2) is 11.8. The van der Waals surface area contributed by atoms with Gasteiger partial charge in [0.2, 0.25) is 0 Å². The average Bonchev–Trinajstić information content (AvgIpc) is 2.35. The Labute approximate surface area is 115 Å². The van der Waals surface area contributed by atoms with Crippen LogP contribution in [0.5, 0.6) is 0 Å². The lowest BCUT2D eigenvalue weighted by Gasteiger charge is -2.13. The molecule has 0 aromatic heterocycles.